The van der Waals surface area contributed by atoms with Crippen molar-refractivity contribution >= 4 is 17.0 Å². The Morgan fingerprint density at radius 1 is 1.33 bits per heavy atom. The highest BCUT2D eigenvalue weighted by Crippen LogP contribution is 2.29. The van der Waals surface area contributed by atoms with Gasteiger partial charge in [0.1, 0.15) is 0 Å². The number of carbonyl (C=O) groups excluding carboxylic acids is 1. The predicted octanol–water partition coefficient (Wildman–Crippen LogP) is 2.43. The lowest BCUT2D eigenvalue weighted by Crippen LogP contribution is -2.19. The highest BCUT2D eigenvalue weighted by Gasteiger charge is 2.30. The third-order valence-corrected chi connectivity index (χ3v) is 2.67. The van der Waals surface area contributed by atoms with Gasteiger partial charge in [-0.25, -0.2) is 9.00 Å². The summed E-state index contributed by atoms with van der Waals surface area (Å²) in [5, 5.41) is 0. The summed E-state index contributed by atoms with van der Waals surface area (Å²) in [4.78, 5) is 11.4. The smallest absolute Gasteiger partial charge is 0.416 e. The summed E-state index contributed by atoms with van der Waals surface area (Å²) in [5.41, 5.74) is -2.27. The van der Waals surface area contributed by atoms with Gasteiger partial charge < -0.3 is 9.29 Å². The molecule has 0 aliphatic heterocycles. The lowest BCUT2D eigenvalue weighted by Gasteiger charge is -2.10. The quantitative estimate of drug-likeness (QED) is 0.683. The molecule has 100 valence electrons. The number of esters is 1. The first kappa shape index (κ1) is 14.7. The Morgan fingerprint density at radius 2 is 1.83 bits per heavy atom. The number of benzene rings is 1. The van der Waals surface area contributed by atoms with E-state index in [1.54, 1.807) is 0 Å². The molecule has 1 aromatic carbocycles. The van der Waals surface area contributed by atoms with Crippen molar-refractivity contribution in [2.45, 2.75) is 18.5 Å². The van der Waals surface area contributed by atoms with Crippen LogP contribution in [0.15, 0.2) is 24.3 Å². The molecule has 0 bridgehead atoms. The van der Waals surface area contributed by atoms with E-state index in [9.17, 15) is 22.2 Å². The maximum atomic E-state index is 12.2. The minimum atomic E-state index is -4.48. The summed E-state index contributed by atoms with van der Waals surface area (Å²) in [7, 11) is 0. The third kappa shape index (κ3) is 3.81. The topological polar surface area (TPSA) is 63.6 Å². The summed E-state index contributed by atoms with van der Waals surface area (Å²) in [6, 6.07) is 3.35. The molecule has 2 atom stereocenters. The fourth-order valence-corrected chi connectivity index (χ4v) is 1.22. The first-order valence-corrected chi connectivity index (χ1v) is 5.86. The summed E-state index contributed by atoms with van der Waals surface area (Å²) >= 11 is -2.35. The van der Waals surface area contributed by atoms with E-state index >= 15 is 0 Å². The minimum absolute atomic E-state index is 0.125. The van der Waals surface area contributed by atoms with Gasteiger partial charge in [-0.15, -0.1) is 0 Å². The van der Waals surface area contributed by atoms with Crippen LogP contribution in [0.4, 0.5) is 13.2 Å². The third-order valence-electron chi connectivity index (χ3n) is 2.00. The van der Waals surface area contributed by atoms with E-state index in [0.29, 0.717) is 0 Å². The Bertz CT molecular complexity index is 455. The van der Waals surface area contributed by atoms with Crippen LogP contribution in [0.1, 0.15) is 22.8 Å². The van der Waals surface area contributed by atoms with Crippen LogP contribution in [-0.2, 0) is 22.0 Å². The summed E-state index contributed by atoms with van der Waals surface area (Å²) in [5.74, 6) is -0.960. The Morgan fingerprint density at radius 3 is 2.22 bits per heavy atom. The number of halogens is 3. The van der Waals surface area contributed by atoms with Gasteiger partial charge in [0.25, 0.3) is 0 Å². The van der Waals surface area contributed by atoms with E-state index in [-0.39, 0.29) is 5.56 Å². The summed E-state index contributed by atoms with van der Waals surface area (Å²) < 4.78 is 60.4. The number of alkyl halides is 3. The van der Waals surface area contributed by atoms with Crippen molar-refractivity contribution < 1.29 is 31.5 Å². The maximum absolute atomic E-state index is 12.2. The predicted molar refractivity (Wildman–Crippen MR) is 57.1 cm³/mol. The number of rotatable bonds is 3. The van der Waals surface area contributed by atoms with Gasteiger partial charge in [0.15, 0.2) is 16.5 Å². The van der Waals surface area contributed by atoms with Crippen LogP contribution >= 0.6 is 0 Å². The molecule has 0 fully saturated rings. The van der Waals surface area contributed by atoms with Crippen LogP contribution in [-0.4, -0.2) is 20.2 Å². The van der Waals surface area contributed by atoms with Crippen molar-refractivity contribution in [1.82, 2.24) is 0 Å². The normalized spacial score (nSPS) is 14.9. The molecule has 0 heterocycles. The number of hydrogen-bond acceptors (Lipinski definition) is 3. The second-order valence-corrected chi connectivity index (χ2v) is 4.54. The maximum Gasteiger partial charge on any atom is 0.416 e. The summed E-state index contributed by atoms with van der Waals surface area (Å²) in [6.07, 6.45) is -4.48. The van der Waals surface area contributed by atoms with Gasteiger partial charge >= 0.3 is 12.1 Å². The first-order valence-electron chi connectivity index (χ1n) is 4.69. The van der Waals surface area contributed by atoms with Crippen LogP contribution in [0.25, 0.3) is 0 Å². The van der Waals surface area contributed by atoms with E-state index < -0.39 is 34.2 Å². The Hall–Kier alpha value is -1.41. The highest BCUT2D eigenvalue weighted by atomic mass is 32.2. The Kier molecular flexibility index (Phi) is 4.47. The molecule has 0 amide bonds. The molecule has 0 saturated heterocycles. The largest absolute Gasteiger partial charge is 0.443 e. The molecule has 0 radical (unpaired) electrons. The summed E-state index contributed by atoms with van der Waals surface area (Å²) in [6.45, 7) is 1.19. The van der Waals surface area contributed by atoms with Gasteiger partial charge in [-0.05, 0) is 31.2 Å². The number of carbonyl (C=O) groups is 1. The Balaban J connectivity index is 2.80. The zero-order valence-corrected chi connectivity index (χ0v) is 9.92. The van der Waals surface area contributed by atoms with Gasteiger partial charge in [-0.3, -0.25) is 0 Å². The van der Waals surface area contributed by atoms with Crippen molar-refractivity contribution in [1.29, 1.82) is 0 Å². The molecular weight excluding hydrogens is 273 g/mol. The fourth-order valence-electron chi connectivity index (χ4n) is 1.06. The molecule has 4 nitrogen and oxygen atoms in total. The van der Waals surface area contributed by atoms with E-state index in [0.717, 1.165) is 24.3 Å². The van der Waals surface area contributed by atoms with Crippen molar-refractivity contribution in [2.75, 3.05) is 0 Å². The molecular formula is C10H9F3O4S. The zero-order valence-electron chi connectivity index (χ0n) is 9.10. The number of ether oxygens (including phenoxy) is 1. The molecule has 0 saturated carbocycles. The monoisotopic (exact) mass is 282 g/mol. The van der Waals surface area contributed by atoms with Crippen LogP contribution in [0.5, 0.6) is 0 Å². The average Bonchev–Trinajstić information content (AvgIpc) is 2.27. The zero-order chi connectivity index (χ0) is 13.9. The molecule has 2 unspecified atom stereocenters. The second-order valence-electron chi connectivity index (χ2n) is 3.32. The fraction of sp³-hybridized carbons (Fsp3) is 0.300. The van der Waals surface area contributed by atoms with E-state index in [1.807, 2.05) is 0 Å². The minimum Gasteiger partial charge on any atom is -0.443 e. The molecule has 0 aliphatic carbocycles. The molecule has 1 aromatic rings. The van der Waals surface area contributed by atoms with Gasteiger partial charge in [0.05, 0.1) is 11.1 Å². The molecule has 1 N–H and O–H groups in total. The average molecular weight is 282 g/mol. The second kappa shape index (κ2) is 5.49. The molecule has 1 rings (SSSR count). The van der Waals surface area contributed by atoms with Gasteiger partial charge in [-0.2, -0.15) is 13.2 Å². The van der Waals surface area contributed by atoms with E-state index in [1.165, 1.54) is 6.92 Å². The molecule has 0 aliphatic rings. The van der Waals surface area contributed by atoms with Crippen molar-refractivity contribution in [2.24, 2.45) is 0 Å². The standard InChI is InChI=1S/C10H9F3O4S/c1-6(18(15)16)17-9(14)7-2-4-8(5-3-7)10(11,12)13/h2-6H,1H3,(H,15,16). The van der Waals surface area contributed by atoms with Crippen molar-refractivity contribution in [3.05, 3.63) is 35.4 Å². The number of hydrogen-bond donors (Lipinski definition) is 1. The van der Waals surface area contributed by atoms with Gasteiger partial charge in [-0.1, -0.05) is 0 Å². The molecule has 0 spiro atoms. The molecule has 8 heteroatoms. The lowest BCUT2D eigenvalue weighted by atomic mass is 10.1. The van der Waals surface area contributed by atoms with Gasteiger partial charge in [0, 0.05) is 0 Å². The first-order chi connectivity index (χ1) is 8.21. The highest BCUT2D eigenvalue weighted by molar-refractivity contribution is 7.79. The van der Waals surface area contributed by atoms with Gasteiger partial charge in [0.2, 0.25) is 0 Å². The van der Waals surface area contributed by atoms with E-state index in [4.69, 9.17) is 4.55 Å². The molecule has 18 heavy (non-hydrogen) atoms. The molecule has 0 aromatic heterocycles. The lowest BCUT2D eigenvalue weighted by molar-refractivity contribution is -0.137. The van der Waals surface area contributed by atoms with Crippen molar-refractivity contribution in [3.8, 4) is 0 Å². The van der Waals surface area contributed by atoms with Crippen LogP contribution < -0.4 is 0 Å². The van der Waals surface area contributed by atoms with Crippen LogP contribution in [0.3, 0.4) is 0 Å². The van der Waals surface area contributed by atoms with Crippen LogP contribution in [0, 0.1) is 0 Å². The van der Waals surface area contributed by atoms with Crippen molar-refractivity contribution in [3.63, 3.8) is 0 Å². The van der Waals surface area contributed by atoms with Crippen LogP contribution in [0.2, 0.25) is 0 Å². The Labute approximate surface area is 103 Å². The SMILES string of the molecule is CC(OC(=O)c1ccc(C(F)(F)F)cc1)S(=O)O. The van der Waals surface area contributed by atoms with E-state index in [2.05, 4.69) is 4.74 Å².